The number of aromatic nitrogens is 2. The van der Waals surface area contributed by atoms with Crippen LogP contribution in [0.15, 0.2) is 35.7 Å². The average molecular weight is 218 g/mol. The predicted molar refractivity (Wildman–Crippen MR) is 60.7 cm³/mol. The highest BCUT2D eigenvalue weighted by molar-refractivity contribution is 7.22. The Morgan fingerprint density at radius 3 is 2.79 bits per heavy atom. The van der Waals surface area contributed by atoms with Crippen molar-refractivity contribution in [3.63, 3.8) is 0 Å². The van der Waals surface area contributed by atoms with Gasteiger partial charge >= 0.3 is 0 Å². The summed E-state index contributed by atoms with van der Waals surface area (Å²) < 4.78 is 5.14. The van der Waals surface area contributed by atoms with E-state index in [9.17, 15) is 0 Å². The number of nitrogens with zero attached hydrogens (tertiary/aromatic N) is 2. The second kappa shape index (κ2) is 3.15. The summed E-state index contributed by atoms with van der Waals surface area (Å²) in [6.07, 6.45) is 0. The lowest BCUT2D eigenvalue weighted by molar-refractivity contribution is 1.20. The Hall–Kier alpha value is -1.26. The molecule has 68 valence electrons. The van der Waals surface area contributed by atoms with Gasteiger partial charge in [0.2, 0.25) is 0 Å². The number of rotatable bonds is 1. The average Bonchev–Trinajstić information content (AvgIpc) is 2.79. The van der Waals surface area contributed by atoms with E-state index in [2.05, 4.69) is 39.2 Å². The van der Waals surface area contributed by atoms with E-state index < -0.39 is 0 Å². The van der Waals surface area contributed by atoms with Crippen molar-refractivity contribution in [2.45, 2.75) is 0 Å². The Morgan fingerprint density at radius 1 is 1.07 bits per heavy atom. The zero-order chi connectivity index (χ0) is 9.38. The molecular formula is C10H6N2S2. The number of thiophene rings is 1. The minimum Gasteiger partial charge on any atom is -0.140 e. The molecule has 0 fully saturated rings. The second-order valence-electron chi connectivity index (χ2n) is 2.92. The van der Waals surface area contributed by atoms with Gasteiger partial charge in [-0.2, -0.15) is 0 Å². The van der Waals surface area contributed by atoms with Gasteiger partial charge in [0.15, 0.2) is 0 Å². The first-order chi connectivity index (χ1) is 6.95. The maximum atomic E-state index is 4.04. The van der Waals surface area contributed by atoms with Crippen LogP contribution in [0.1, 0.15) is 0 Å². The van der Waals surface area contributed by atoms with Crippen LogP contribution in [0.2, 0.25) is 0 Å². The summed E-state index contributed by atoms with van der Waals surface area (Å²) in [7, 11) is 0. The van der Waals surface area contributed by atoms with E-state index in [1.807, 2.05) is 6.07 Å². The van der Waals surface area contributed by atoms with Gasteiger partial charge in [0.05, 0.1) is 9.58 Å². The van der Waals surface area contributed by atoms with Crippen molar-refractivity contribution in [1.82, 2.24) is 9.59 Å². The minimum atomic E-state index is 1.01. The molecule has 4 heteroatoms. The van der Waals surface area contributed by atoms with E-state index in [1.165, 1.54) is 26.7 Å². The van der Waals surface area contributed by atoms with Gasteiger partial charge in [0, 0.05) is 5.38 Å². The first-order valence-electron chi connectivity index (χ1n) is 4.20. The van der Waals surface area contributed by atoms with Gasteiger partial charge in [-0.3, -0.25) is 0 Å². The lowest BCUT2D eigenvalue weighted by Crippen LogP contribution is -1.68. The third-order valence-electron chi connectivity index (χ3n) is 2.04. The van der Waals surface area contributed by atoms with Crippen molar-refractivity contribution < 1.29 is 0 Å². The van der Waals surface area contributed by atoms with Crippen LogP contribution in [-0.4, -0.2) is 9.59 Å². The monoisotopic (exact) mass is 218 g/mol. The van der Waals surface area contributed by atoms with Gasteiger partial charge < -0.3 is 0 Å². The first kappa shape index (κ1) is 8.08. The summed E-state index contributed by atoms with van der Waals surface area (Å²) in [5.74, 6) is 0. The smallest absolute Gasteiger partial charge is 0.117 e. The summed E-state index contributed by atoms with van der Waals surface area (Å²) in [6, 6.07) is 10.4. The lowest BCUT2D eigenvalue weighted by atomic mass is 10.2. The molecule has 0 aliphatic rings. The molecule has 14 heavy (non-hydrogen) atoms. The minimum absolute atomic E-state index is 1.01. The quantitative estimate of drug-likeness (QED) is 0.625. The molecular weight excluding hydrogens is 212 g/mol. The number of fused-ring (bicyclic) bond motifs is 1. The van der Waals surface area contributed by atoms with E-state index in [0.717, 1.165) is 5.52 Å². The fourth-order valence-corrected chi connectivity index (χ4v) is 3.20. The van der Waals surface area contributed by atoms with Gasteiger partial charge in [-0.15, -0.1) is 16.4 Å². The molecule has 0 atom stereocenters. The topological polar surface area (TPSA) is 25.8 Å². The van der Waals surface area contributed by atoms with Gasteiger partial charge in [-0.05, 0) is 17.1 Å². The maximum absolute atomic E-state index is 4.04. The van der Waals surface area contributed by atoms with Crippen LogP contribution in [0.4, 0.5) is 0 Å². The van der Waals surface area contributed by atoms with Crippen LogP contribution in [0.25, 0.3) is 20.7 Å². The Morgan fingerprint density at radius 2 is 1.93 bits per heavy atom. The SMILES string of the molecule is c1ccc(-c2scc3nnsc23)cc1. The highest BCUT2D eigenvalue weighted by Crippen LogP contribution is 2.35. The molecule has 0 saturated heterocycles. The zero-order valence-electron chi connectivity index (χ0n) is 7.18. The third-order valence-corrected chi connectivity index (χ3v) is 3.95. The predicted octanol–water partition coefficient (Wildman–Crippen LogP) is 3.42. The molecule has 0 bridgehead atoms. The molecule has 0 saturated carbocycles. The summed E-state index contributed by atoms with van der Waals surface area (Å²) in [5.41, 5.74) is 2.26. The van der Waals surface area contributed by atoms with Crippen molar-refractivity contribution in [3.05, 3.63) is 35.7 Å². The van der Waals surface area contributed by atoms with Gasteiger partial charge in [-0.25, -0.2) is 0 Å². The molecule has 0 radical (unpaired) electrons. The summed E-state index contributed by atoms with van der Waals surface area (Å²) in [6.45, 7) is 0. The van der Waals surface area contributed by atoms with Gasteiger partial charge in [0.1, 0.15) is 5.52 Å². The van der Waals surface area contributed by atoms with E-state index in [0.29, 0.717) is 0 Å². The lowest BCUT2D eigenvalue weighted by Gasteiger charge is -1.94. The molecule has 2 aromatic heterocycles. The molecule has 3 aromatic rings. The first-order valence-corrected chi connectivity index (χ1v) is 5.85. The van der Waals surface area contributed by atoms with E-state index >= 15 is 0 Å². The fraction of sp³-hybridized carbons (Fsp3) is 0. The highest BCUT2D eigenvalue weighted by Gasteiger charge is 2.08. The van der Waals surface area contributed by atoms with Crippen LogP contribution in [0.5, 0.6) is 0 Å². The van der Waals surface area contributed by atoms with Crippen LogP contribution in [0.3, 0.4) is 0 Å². The Kier molecular flexibility index (Phi) is 1.82. The molecule has 2 heterocycles. The second-order valence-corrected chi connectivity index (χ2v) is 4.55. The Labute approximate surface area is 89.0 Å². The largest absolute Gasteiger partial charge is 0.140 e. The van der Waals surface area contributed by atoms with Crippen molar-refractivity contribution >= 4 is 33.1 Å². The van der Waals surface area contributed by atoms with Crippen molar-refractivity contribution in [1.29, 1.82) is 0 Å². The summed E-state index contributed by atoms with van der Waals surface area (Å²) in [4.78, 5) is 1.27. The van der Waals surface area contributed by atoms with Gasteiger partial charge in [-0.1, -0.05) is 34.8 Å². The highest BCUT2D eigenvalue weighted by atomic mass is 32.1. The van der Waals surface area contributed by atoms with Crippen molar-refractivity contribution in [2.75, 3.05) is 0 Å². The summed E-state index contributed by atoms with van der Waals surface area (Å²) in [5, 5.41) is 6.10. The van der Waals surface area contributed by atoms with Crippen molar-refractivity contribution in [2.24, 2.45) is 0 Å². The molecule has 1 aromatic carbocycles. The maximum Gasteiger partial charge on any atom is 0.117 e. The Bertz CT molecular complexity index is 554. The van der Waals surface area contributed by atoms with Crippen molar-refractivity contribution in [3.8, 4) is 10.4 Å². The number of benzene rings is 1. The van der Waals surface area contributed by atoms with Crippen LogP contribution in [0, 0.1) is 0 Å². The molecule has 0 spiro atoms. The molecule has 2 nitrogen and oxygen atoms in total. The van der Waals surface area contributed by atoms with Crippen LogP contribution in [-0.2, 0) is 0 Å². The van der Waals surface area contributed by atoms with Gasteiger partial charge in [0.25, 0.3) is 0 Å². The fourth-order valence-electron chi connectivity index (χ4n) is 1.39. The van der Waals surface area contributed by atoms with E-state index in [-0.39, 0.29) is 0 Å². The Balaban J connectivity index is 2.28. The number of hydrogen-bond acceptors (Lipinski definition) is 4. The molecule has 0 aliphatic carbocycles. The third kappa shape index (κ3) is 1.15. The van der Waals surface area contributed by atoms with Crippen LogP contribution >= 0.6 is 22.9 Å². The molecule has 0 aliphatic heterocycles. The normalized spacial score (nSPS) is 10.9. The molecule has 0 unspecified atom stereocenters. The molecule has 0 N–H and O–H groups in total. The standard InChI is InChI=1S/C10H6N2S2/c1-2-4-7(5-3-1)9-10-8(6-13-9)11-12-14-10/h1-6H. The zero-order valence-corrected chi connectivity index (χ0v) is 8.81. The van der Waals surface area contributed by atoms with Crippen LogP contribution < -0.4 is 0 Å². The van der Waals surface area contributed by atoms with E-state index in [1.54, 1.807) is 11.3 Å². The summed E-state index contributed by atoms with van der Waals surface area (Å²) >= 11 is 3.20. The molecule has 3 rings (SSSR count). The number of hydrogen-bond donors (Lipinski definition) is 0. The molecule has 0 amide bonds. The van der Waals surface area contributed by atoms with E-state index in [4.69, 9.17) is 0 Å².